The summed E-state index contributed by atoms with van der Waals surface area (Å²) in [5.74, 6) is -0.261. The summed E-state index contributed by atoms with van der Waals surface area (Å²) in [6, 6.07) is 7.17. The first-order valence-corrected chi connectivity index (χ1v) is 8.92. The van der Waals surface area contributed by atoms with Crippen LogP contribution in [0.5, 0.6) is 0 Å². The third-order valence-electron chi connectivity index (χ3n) is 3.54. The van der Waals surface area contributed by atoms with E-state index in [1.54, 1.807) is 27.0 Å². The number of ether oxygens (including phenoxy) is 1. The van der Waals surface area contributed by atoms with Crippen molar-refractivity contribution in [3.05, 3.63) is 41.9 Å². The molecule has 28 heavy (non-hydrogen) atoms. The van der Waals surface area contributed by atoms with E-state index in [0.29, 0.717) is 11.7 Å². The van der Waals surface area contributed by atoms with E-state index < -0.39 is 30.1 Å². The molecule has 0 radical (unpaired) electrons. The van der Waals surface area contributed by atoms with Gasteiger partial charge >= 0.3 is 12.0 Å². The van der Waals surface area contributed by atoms with Crippen LogP contribution in [0.1, 0.15) is 38.6 Å². The second-order valence-corrected chi connectivity index (χ2v) is 7.40. The molecule has 1 aromatic heterocycles. The van der Waals surface area contributed by atoms with Crippen molar-refractivity contribution in [2.75, 3.05) is 6.61 Å². The van der Waals surface area contributed by atoms with Crippen LogP contribution in [0.15, 0.2) is 34.9 Å². The van der Waals surface area contributed by atoms with Gasteiger partial charge in [-0.3, -0.25) is 14.9 Å². The maximum absolute atomic E-state index is 11.8. The molecule has 3 amide bonds. The highest BCUT2D eigenvalue weighted by Gasteiger charge is 2.17. The molecule has 0 saturated heterocycles. The molecule has 0 atom stereocenters. The number of carbonyl (C=O) groups is 3. The smallest absolute Gasteiger partial charge is 0.321 e. The van der Waals surface area contributed by atoms with Crippen LogP contribution in [-0.4, -0.2) is 35.0 Å². The molecule has 0 fully saturated rings. The Kier molecular flexibility index (Phi) is 6.92. The number of rotatable bonds is 6. The fourth-order valence-corrected chi connectivity index (χ4v) is 2.24. The van der Waals surface area contributed by atoms with Gasteiger partial charge in [0.2, 0.25) is 0 Å². The lowest BCUT2D eigenvalue weighted by Gasteiger charge is -2.20. The van der Waals surface area contributed by atoms with Crippen molar-refractivity contribution in [1.29, 1.82) is 0 Å². The van der Waals surface area contributed by atoms with Crippen LogP contribution >= 0.6 is 0 Å². The molecule has 8 heteroatoms. The molecule has 8 nitrogen and oxygen atoms in total. The average Bonchev–Trinajstić information content (AvgIpc) is 3.06. The number of carbonyl (C=O) groups excluding carboxylic acids is 3. The van der Waals surface area contributed by atoms with E-state index in [1.807, 2.05) is 31.2 Å². The molecule has 0 aliphatic heterocycles. The monoisotopic (exact) mass is 387 g/mol. The molecule has 150 valence electrons. The van der Waals surface area contributed by atoms with E-state index in [2.05, 4.69) is 15.6 Å². The molecular formula is C20H25N3O5. The van der Waals surface area contributed by atoms with Gasteiger partial charge in [0.15, 0.2) is 18.3 Å². The molecule has 0 unspecified atom stereocenters. The number of oxazole rings is 1. The summed E-state index contributed by atoms with van der Waals surface area (Å²) >= 11 is 0. The number of nitrogens with one attached hydrogen (secondary N) is 2. The lowest BCUT2D eigenvalue weighted by Crippen LogP contribution is -2.49. The van der Waals surface area contributed by atoms with Gasteiger partial charge in [0.25, 0.3) is 5.91 Å². The number of hydrogen-bond acceptors (Lipinski definition) is 6. The summed E-state index contributed by atoms with van der Waals surface area (Å²) in [7, 11) is 0. The van der Waals surface area contributed by atoms with E-state index in [9.17, 15) is 14.4 Å². The Hall–Kier alpha value is -3.16. The zero-order valence-corrected chi connectivity index (χ0v) is 16.5. The van der Waals surface area contributed by atoms with Gasteiger partial charge in [0, 0.05) is 17.5 Å². The van der Waals surface area contributed by atoms with Gasteiger partial charge in [0.1, 0.15) is 0 Å². The number of amides is 3. The first-order chi connectivity index (χ1) is 13.1. The fourth-order valence-electron chi connectivity index (χ4n) is 2.24. The van der Waals surface area contributed by atoms with Crippen LogP contribution in [0.3, 0.4) is 0 Å². The van der Waals surface area contributed by atoms with Gasteiger partial charge in [-0.1, -0.05) is 29.8 Å². The molecule has 0 saturated carbocycles. The van der Waals surface area contributed by atoms with E-state index >= 15 is 0 Å². The summed E-state index contributed by atoms with van der Waals surface area (Å²) in [6.45, 7) is 6.81. The normalized spacial score (nSPS) is 11.0. The summed E-state index contributed by atoms with van der Waals surface area (Å²) in [5.41, 5.74) is 1.57. The van der Waals surface area contributed by atoms with Crippen molar-refractivity contribution in [3.63, 3.8) is 0 Å². The topological polar surface area (TPSA) is 111 Å². The number of aryl methyl sites for hydroxylation is 2. The number of imide groups is 1. The van der Waals surface area contributed by atoms with Crippen molar-refractivity contribution < 1.29 is 23.5 Å². The Balaban J connectivity index is 1.73. The zero-order chi connectivity index (χ0) is 20.7. The first-order valence-electron chi connectivity index (χ1n) is 8.92. The molecule has 0 aliphatic rings. The molecular weight excluding hydrogens is 362 g/mol. The molecule has 2 N–H and O–H groups in total. The van der Waals surface area contributed by atoms with Crippen LogP contribution in [0.25, 0.3) is 11.3 Å². The Bertz CT molecular complexity index is 834. The quantitative estimate of drug-likeness (QED) is 0.738. The number of urea groups is 1. The van der Waals surface area contributed by atoms with Crippen molar-refractivity contribution in [2.24, 2.45) is 0 Å². The predicted octanol–water partition coefficient (Wildman–Crippen LogP) is 2.75. The second kappa shape index (κ2) is 9.16. The highest BCUT2D eigenvalue weighted by molar-refractivity contribution is 5.95. The SMILES string of the molecule is Cc1ccc(-c2cnc(CCC(=O)OCC(=O)NC(=O)NC(C)(C)C)o2)cc1. The van der Waals surface area contributed by atoms with Crippen LogP contribution in [0.2, 0.25) is 0 Å². The summed E-state index contributed by atoms with van der Waals surface area (Å²) in [4.78, 5) is 39.1. The number of nitrogens with zero attached hydrogens (tertiary/aromatic N) is 1. The van der Waals surface area contributed by atoms with Gasteiger partial charge in [-0.15, -0.1) is 0 Å². The Morgan fingerprint density at radius 3 is 2.46 bits per heavy atom. The average molecular weight is 387 g/mol. The molecule has 0 aliphatic carbocycles. The van der Waals surface area contributed by atoms with E-state index in [0.717, 1.165) is 11.1 Å². The van der Waals surface area contributed by atoms with Crippen LogP contribution in [0.4, 0.5) is 4.79 Å². The summed E-state index contributed by atoms with van der Waals surface area (Å²) in [6.07, 6.45) is 1.86. The maximum atomic E-state index is 11.8. The number of aromatic nitrogens is 1. The minimum absolute atomic E-state index is 0.00924. The predicted molar refractivity (Wildman–Crippen MR) is 102 cm³/mol. The van der Waals surface area contributed by atoms with Gasteiger partial charge < -0.3 is 14.5 Å². The standard InChI is InChI=1S/C20H25N3O5/c1-13-5-7-14(8-6-13)15-11-21-17(28-15)9-10-18(25)27-12-16(24)22-19(26)23-20(2,3)4/h5-8,11H,9-10,12H2,1-4H3,(H2,22,23,24,26). The van der Waals surface area contributed by atoms with Crippen LogP contribution in [0, 0.1) is 6.92 Å². The molecule has 1 aromatic carbocycles. The van der Waals surface area contributed by atoms with Gasteiger partial charge in [-0.2, -0.15) is 0 Å². The van der Waals surface area contributed by atoms with Gasteiger partial charge in [0.05, 0.1) is 12.6 Å². The molecule has 2 aromatic rings. The van der Waals surface area contributed by atoms with Crippen molar-refractivity contribution >= 4 is 17.9 Å². The number of benzene rings is 1. The maximum Gasteiger partial charge on any atom is 0.321 e. The number of hydrogen-bond donors (Lipinski definition) is 2. The summed E-state index contributed by atoms with van der Waals surface area (Å²) < 4.78 is 10.5. The van der Waals surface area contributed by atoms with Crippen molar-refractivity contribution in [3.8, 4) is 11.3 Å². The molecule has 0 spiro atoms. The first kappa shape index (κ1) is 21.1. The minimum atomic E-state index is -0.701. The largest absolute Gasteiger partial charge is 0.456 e. The van der Waals surface area contributed by atoms with Crippen LogP contribution < -0.4 is 10.6 Å². The van der Waals surface area contributed by atoms with Crippen LogP contribution in [-0.2, 0) is 20.7 Å². The molecule has 1 heterocycles. The fraction of sp³-hybridized carbons (Fsp3) is 0.400. The highest BCUT2D eigenvalue weighted by atomic mass is 16.5. The van der Waals surface area contributed by atoms with E-state index in [4.69, 9.17) is 9.15 Å². The van der Waals surface area contributed by atoms with E-state index in [-0.39, 0.29) is 12.8 Å². The Morgan fingerprint density at radius 2 is 1.82 bits per heavy atom. The molecule has 0 bridgehead atoms. The highest BCUT2D eigenvalue weighted by Crippen LogP contribution is 2.21. The second-order valence-electron chi connectivity index (χ2n) is 7.40. The third-order valence-corrected chi connectivity index (χ3v) is 3.54. The lowest BCUT2D eigenvalue weighted by molar-refractivity contribution is -0.148. The lowest BCUT2D eigenvalue weighted by atomic mass is 10.1. The third kappa shape index (κ3) is 7.22. The van der Waals surface area contributed by atoms with Gasteiger partial charge in [-0.05, 0) is 27.7 Å². The van der Waals surface area contributed by atoms with Gasteiger partial charge in [-0.25, -0.2) is 9.78 Å². The Labute approximate surface area is 163 Å². The zero-order valence-electron chi connectivity index (χ0n) is 16.5. The minimum Gasteiger partial charge on any atom is -0.456 e. The van der Waals surface area contributed by atoms with Crippen molar-refractivity contribution in [1.82, 2.24) is 15.6 Å². The summed E-state index contributed by atoms with van der Waals surface area (Å²) in [5, 5.41) is 4.67. The number of esters is 1. The van der Waals surface area contributed by atoms with Crippen molar-refractivity contribution in [2.45, 2.75) is 46.1 Å². The molecule has 2 rings (SSSR count). The Morgan fingerprint density at radius 1 is 1.14 bits per heavy atom. The van der Waals surface area contributed by atoms with E-state index in [1.165, 1.54) is 0 Å².